The van der Waals surface area contributed by atoms with Crippen molar-refractivity contribution >= 4 is 22.9 Å². The summed E-state index contributed by atoms with van der Waals surface area (Å²) in [7, 11) is 2.19. The molecule has 0 radical (unpaired) electrons. The number of likely N-dealkylation sites (N-methyl/N-ethyl adjacent to an activating group) is 1. The quantitative estimate of drug-likeness (QED) is 0.759. The Hall–Kier alpha value is -1.61. The molecule has 1 aliphatic rings. The fourth-order valence-corrected chi connectivity index (χ4v) is 4.12. The van der Waals surface area contributed by atoms with E-state index in [4.69, 9.17) is 4.99 Å². The maximum atomic E-state index is 4.92. The molecule has 2 nitrogen and oxygen atoms in total. The first-order chi connectivity index (χ1) is 10.1. The molecular weight excluding hydrogens is 276 g/mol. The molecule has 2 heterocycles. The van der Waals surface area contributed by atoms with Crippen molar-refractivity contribution in [3.63, 3.8) is 0 Å². The third-order valence-corrected chi connectivity index (χ3v) is 5.41. The molecule has 21 heavy (non-hydrogen) atoms. The Kier molecular flexibility index (Phi) is 3.85. The minimum absolute atomic E-state index is 0.395. The number of nitrogens with zero attached hydrogens (tertiary/aromatic N) is 2. The molecule has 2 aromatic rings. The zero-order chi connectivity index (χ0) is 15.0. The molecule has 1 atom stereocenters. The van der Waals surface area contributed by atoms with Crippen LogP contribution >= 0.6 is 11.3 Å². The van der Waals surface area contributed by atoms with E-state index in [-0.39, 0.29) is 0 Å². The van der Waals surface area contributed by atoms with Crippen LogP contribution in [-0.2, 0) is 6.42 Å². The third-order valence-electron chi connectivity index (χ3n) is 4.29. The van der Waals surface area contributed by atoms with E-state index in [0.29, 0.717) is 6.04 Å². The first-order valence-electron chi connectivity index (χ1n) is 7.54. The van der Waals surface area contributed by atoms with Gasteiger partial charge in [0, 0.05) is 18.3 Å². The zero-order valence-electron chi connectivity index (χ0n) is 13.2. The molecule has 0 bridgehead atoms. The maximum Gasteiger partial charge on any atom is 0.105 e. The van der Waals surface area contributed by atoms with Crippen molar-refractivity contribution in [2.24, 2.45) is 4.99 Å². The van der Waals surface area contributed by atoms with Crippen molar-refractivity contribution in [3.8, 4) is 0 Å². The lowest BCUT2D eigenvalue weighted by Crippen LogP contribution is -2.30. The summed E-state index contributed by atoms with van der Waals surface area (Å²) in [6.07, 6.45) is 1.99. The molecule has 0 spiro atoms. The largest absolute Gasteiger partial charge is 0.355 e. The second-order valence-electron chi connectivity index (χ2n) is 5.81. The Balaban J connectivity index is 2.11. The number of rotatable bonds is 2. The molecule has 0 aliphatic carbocycles. The van der Waals surface area contributed by atoms with Crippen LogP contribution in [0.5, 0.6) is 0 Å². The SMILES string of the molecule is CCC1=Nc2ccc(C)cc2CC(c2sccc2C)N1C. The maximum absolute atomic E-state index is 4.92. The Bertz CT molecular complexity index is 684. The zero-order valence-corrected chi connectivity index (χ0v) is 14.0. The van der Waals surface area contributed by atoms with E-state index in [1.807, 2.05) is 11.3 Å². The van der Waals surface area contributed by atoms with Crippen LogP contribution in [-0.4, -0.2) is 17.8 Å². The molecule has 1 aliphatic heterocycles. The van der Waals surface area contributed by atoms with Crippen molar-refractivity contribution in [1.82, 2.24) is 4.90 Å². The third kappa shape index (κ3) is 2.62. The van der Waals surface area contributed by atoms with Gasteiger partial charge in [-0.05, 0) is 48.9 Å². The molecule has 0 saturated carbocycles. The summed E-state index contributed by atoms with van der Waals surface area (Å²) in [5, 5.41) is 2.20. The summed E-state index contributed by atoms with van der Waals surface area (Å²) in [6, 6.07) is 9.23. The molecular formula is C18H22N2S. The van der Waals surface area contributed by atoms with E-state index in [9.17, 15) is 0 Å². The van der Waals surface area contributed by atoms with E-state index in [1.165, 1.54) is 27.4 Å². The van der Waals surface area contributed by atoms with Gasteiger partial charge in [0.1, 0.15) is 5.84 Å². The van der Waals surface area contributed by atoms with E-state index < -0.39 is 0 Å². The molecule has 0 saturated heterocycles. The van der Waals surface area contributed by atoms with Gasteiger partial charge in [0.05, 0.1) is 11.7 Å². The van der Waals surface area contributed by atoms with Crippen molar-refractivity contribution in [2.45, 2.75) is 39.7 Å². The van der Waals surface area contributed by atoms with Crippen LogP contribution < -0.4 is 0 Å². The minimum Gasteiger partial charge on any atom is -0.355 e. The summed E-state index contributed by atoms with van der Waals surface area (Å²) in [4.78, 5) is 8.75. The average molecular weight is 298 g/mol. The van der Waals surface area contributed by atoms with Gasteiger partial charge in [0.2, 0.25) is 0 Å². The Morgan fingerprint density at radius 2 is 2.10 bits per heavy atom. The molecule has 110 valence electrons. The van der Waals surface area contributed by atoms with E-state index in [0.717, 1.165) is 18.5 Å². The highest BCUT2D eigenvalue weighted by molar-refractivity contribution is 7.10. The minimum atomic E-state index is 0.395. The van der Waals surface area contributed by atoms with Crippen LogP contribution in [0.2, 0.25) is 0 Å². The van der Waals surface area contributed by atoms with Gasteiger partial charge < -0.3 is 4.90 Å². The average Bonchev–Trinajstić information content (AvgIpc) is 2.83. The summed E-state index contributed by atoms with van der Waals surface area (Å²) in [5.74, 6) is 1.18. The summed E-state index contributed by atoms with van der Waals surface area (Å²) in [6.45, 7) is 6.56. The van der Waals surface area contributed by atoms with Crippen molar-refractivity contribution in [1.29, 1.82) is 0 Å². The summed E-state index contributed by atoms with van der Waals surface area (Å²) in [5.41, 5.74) is 5.21. The van der Waals surface area contributed by atoms with Crippen LogP contribution in [0.25, 0.3) is 0 Å². The predicted octanol–water partition coefficient (Wildman–Crippen LogP) is 5.03. The van der Waals surface area contributed by atoms with Crippen LogP contribution in [0.4, 0.5) is 5.69 Å². The molecule has 3 heteroatoms. The second-order valence-corrected chi connectivity index (χ2v) is 6.76. The van der Waals surface area contributed by atoms with Crippen LogP contribution in [0, 0.1) is 13.8 Å². The molecule has 0 N–H and O–H groups in total. The number of amidine groups is 1. The number of hydrogen-bond acceptors (Lipinski definition) is 3. The molecule has 1 unspecified atom stereocenters. The Labute approximate surface area is 131 Å². The molecule has 1 aromatic heterocycles. The molecule has 1 aromatic carbocycles. The van der Waals surface area contributed by atoms with Crippen molar-refractivity contribution < 1.29 is 0 Å². The number of benzene rings is 1. The molecule has 0 amide bonds. The van der Waals surface area contributed by atoms with Crippen LogP contribution in [0.15, 0.2) is 34.6 Å². The van der Waals surface area contributed by atoms with Gasteiger partial charge in [-0.25, -0.2) is 4.99 Å². The molecule has 3 rings (SSSR count). The van der Waals surface area contributed by atoms with Gasteiger partial charge in [-0.1, -0.05) is 24.6 Å². The van der Waals surface area contributed by atoms with Gasteiger partial charge in [-0.2, -0.15) is 0 Å². The lowest BCUT2D eigenvalue weighted by Gasteiger charge is -2.29. The number of aliphatic imine (C=N–C) groups is 1. The Morgan fingerprint density at radius 3 is 2.76 bits per heavy atom. The monoisotopic (exact) mass is 298 g/mol. The van der Waals surface area contributed by atoms with Crippen LogP contribution in [0.3, 0.4) is 0 Å². The molecule has 0 fully saturated rings. The van der Waals surface area contributed by atoms with E-state index in [2.05, 4.69) is 62.4 Å². The van der Waals surface area contributed by atoms with Gasteiger partial charge in [-0.3, -0.25) is 0 Å². The second kappa shape index (κ2) is 5.64. The number of fused-ring (bicyclic) bond motifs is 1. The van der Waals surface area contributed by atoms with Gasteiger partial charge >= 0.3 is 0 Å². The highest BCUT2D eigenvalue weighted by Crippen LogP contribution is 2.37. The first kappa shape index (κ1) is 14.3. The number of hydrogen-bond donors (Lipinski definition) is 0. The van der Waals surface area contributed by atoms with Crippen molar-refractivity contribution in [2.75, 3.05) is 7.05 Å². The normalized spacial score (nSPS) is 18.2. The van der Waals surface area contributed by atoms with E-state index in [1.54, 1.807) is 0 Å². The Morgan fingerprint density at radius 1 is 1.29 bits per heavy atom. The van der Waals surface area contributed by atoms with E-state index >= 15 is 0 Å². The standard InChI is InChI=1S/C18H22N2S/c1-5-17-19-15-7-6-12(2)10-14(15)11-16(20(17)4)18-13(3)8-9-21-18/h6-10,16H,5,11H2,1-4H3. The summed E-state index contributed by atoms with van der Waals surface area (Å²) < 4.78 is 0. The predicted molar refractivity (Wildman–Crippen MR) is 91.8 cm³/mol. The highest BCUT2D eigenvalue weighted by Gasteiger charge is 2.26. The van der Waals surface area contributed by atoms with Crippen molar-refractivity contribution in [3.05, 3.63) is 51.2 Å². The lowest BCUT2D eigenvalue weighted by molar-refractivity contribution is 0.374. The van der Waals surface area contributed by atoms with Gasteiger partial charge in [0.15, 0.2) is 0 Å². The number of aryl methyl sites for hydroxylation is 2. The topological polar surface area (TPSA) is 15.6 Å². The smallest absolute Gasteiger partial charge is 0.105 e. The van der Waals surface area contributed by atoms with Gasteiger partial charge in [-0.15, -0.1) is 11.3 Å². The van der Waals surface area contributed by atoms with Crippen LogP contribution in [0.1, 0.15) is 41.0 Å². The fraction of sp³-hybridized carbons (Fsp3) is 0.389. The fourth-order valence-electron chi connectivity index (χ4n) is 3.05. The van der Waals surface area contributed by atoms with Gasteiger partial charge in [0.25, 0.3) is 0 Å². The number of thiophene rings is 1. The summed E-state index contributed by atoms with van der Waals surface area (Å²) >= 11 is 1.86. The highest BCUT2D eigenvalue weighted by atomic mass is 32.1. The first-order valence-corrected chi connectivity index (χ1v) is 8.42. The lowest BCUT2D eigenvalue weighted by atomic mass is 9.99.